The zero-order chi connectivity index (χ0) is 18.9. The van der Waals surface area contributed by atoms with Crippen LogP contribution in [0.3, 0.4) is 0 Å². The number of rotatable bonds is 4. The number of aromatic nitrogens is 3. The quantitative estimate of drug-likeness (QED) is 0.687. The van der Waals surface area contributed by atoms with Gasteiger partial charge in [-0.2, -0.15) is 0 Å². The van der Waals surface area contributed by atoms with Crippen LogP contribution in [0.5, 0.6) is 0 Å². The Kier molecular flexibility index (Phi) is 5.61. The Morgan fingerprint density at radius 1 is 1.35 bits per heavy atom. The Bertz CT molecular complexity index is 978. The molecule has 0 radical (unpaired) electrons. The summed E-state index contributed by atoms with van der Waals surface area (Å²) < 4.78 is 24.3. The third kappa shape index (κ3) is 4.58. The number of carbonyl (C=O) groups is 2. The van der Waals surface area contributed by atoms with Crippen molar-refractivity contribution in [2.24, 2.45) is 0 Å². The van der Waals surface area contributed by atoms with Crippen LogP contribution in [0.25, 0.3) is 5.65 Å². The van der Waals surface area contributed by atoms with Gasteiger partial charge >= 0.3 is 6.03 Å². The third-order valence-corrected chi connectivity index (χ3v) is 6.74. The number of sulfone groups is 1. The van der Waals surface area contributed by atoms with Crippen LogP contribution in [0.4, 0.5) is 4.79 Å². The summed E-state index contributed by atoms with van der Waals surface area (Å²) in [5.74, 6) is -0.733. The highest BCUT2D eigenvalue weighted by molar-refractivity contribution is 7.99. The molecule has 13 heteroatoms. The van der Waals surface area contributed by atoms with Crippen molar-refractivity contribution in [2.45, 2.75) is 17.6 Å². The number of amides is 3. The van der Waals surface area contributed by atoms with E-state index in [1.54, 1.807) is 10.6 Å². The molecule has 0 spiro atoms. The molecule has 26 heavy (non-hydrogen) atoms. The van der Waals surface area contributed by atoms with Gasteiger partial charge < -0.3 is 5.32 Å². The van der Waals surface area contributed by atoms with E-state index in [2.05, 4.69) is 20.8 Å². The van der Waals surface area contributed by atoms with Crippen molar-refractivity contribution in [1.29, 1.82) is 0 Å². The normalized spacial score (nSPS) is 18.8. The van der Waals surface area contributed by atoms with Crippen molar-refractivity contribution in [3.8, 4) is 0 Å². The van der Waals surface area contributed by atoms with E-state index in [-0.39, 0.29) is 17.3 Å². The molecule has 0 aliphatic carbocycles. The molecule has 3 amide bonds. The standard InChI is InChI=1S/C13H13Cl2N5O4S2/c14-7-3-9(15)11-18-19-13(20(11)4-7)25-5-10(21)17-12(22)16-8-1-2-26(23,24)6-8/h3-4,8H,1-2,5-6H2,(H2,16,17,21,22). The fourth-order valence-electron chi connectivity index (χ4n) is 2.42. The fraction of sp³-hybridized carbons (Fsp3) is 0.385. The second-order valence-electron chi connectivity index (χ2n) is 5.59. The molecule has 1 saturated heterocycles. The number of carbonyl (C=O) groups excluding carboxylic acids is 2. The average molecular weight is 438 g/mol. The van der Waals surface area contributed by atoms with Crippen LogP contribution in [0, 0.1) is 0 Å². The topological polar surface area (TPSA) is 123 Å². The Labute approximate surface area is 162 Å². The van der Waals surface area contributed by atoms with E-state index in [4.69, 9.17) is 23.2 Å². The maximum atomic E-state index is 11.9. The number of halogens is 2. The summed E-state index contributed by atoms with van der Waals surface area (Å²) in [6.07, 6.45) is 1.90. The second-order valence-corrected chi connectivity index (χ2v) is 9.61. The molecular weight excluding hydrogens is 425 g/mol. The molecule has 0 bridgehead atoms. The van der Waals surface area contributed by atoms with Gasteiger partial charge in [0.05, 0.1) is 27.3 Å². The summed E-state index contributed by atoms with van der Waals surface area (Å²) >= 11 is 13.0. The average Bonchev–Trinajstić information content (AvgIpc) is 3.08. The monoisotopic (exact) mass is 437 g/mol. The van der Waals surface area contributed by atoms with Crippen molar-refractivity contribution >= 4 is 62.4 Å². The van der Waals surface area contributed by atoms with Gasteiger partial charge in [-0.3, -0.25) is 14.5 Å². The maximum absolute atomic E-state index is 11.9. The van der Waals surface area contributed by atoms with Gasteiger partial charge in [0.2, 0.25) is 5.91 Å². The number of thioether (sulfide) groups is 1. The van der Waals surface area contributed by atoms with E-state index in [1.165, 1.54) is 6.07 Å². The number of hydrogen-bond donors (Lipinski definition) is 2. The van der Waals surface area contributed by atoms with Crippen molar-refractivity contribution in [3.05, 3.63) is 22.3 Å². The summed E-state index contributed by atoms with van der Waals surface area (Å²) in [5, 5.41) is 13.6. The van der Waals surface area contributed by atoms with Gasteiger partial charge in [0, 0.05) is 12.2 Å². The third-order valence-electron chi connectivity index (χ3n) is 3.55. The van der Waals surface area contributed by atoms with Gasteiger partial charge in [0.15, 0.2) is 20.6 Å². The Hall–Kier alpha value is -1.56. The molecular formula is C13H13Cl2N5O4S2. The number of nitrogens with one attached hydrogen (secondary N) is 2. The minimum atomic E-state index is -3.11. The minimum absolute atomic E-state index is 0.0345. The van der Waals surface area contributed by atoms with Gasteiger partial charge in [-0.15, -0.1) is 10.2 Å². The summed E-state index contributed by atoms with van der Waals surface area (Å²) in [6, 6.07) is 0.321. The lowest BCUT2D eigenvalue weighted by Gasteiger charge is -2.11. The summed E-state index contributed by atoms with van der Waals surface area (Å²) in [5.41, 5.74) is 0.402. The molecule has 2 aromatic rings. The first-order chi connectivity index (χ1) is 12.2. The number of pyridine rings is 1. The Morgan fingerprint density at radius 3 is 2.81 bits per heavy atom. The first kappa shape index (κ1) is 19.2. The van der Waals surface area contributed by atoms with Crippen LogP contribution in [-0.2, 0) is 14.6 Å². The predicted molar refractivity (Wildman–Crippen MR) is 97.5 cm³/mol. The minimum Gasteiger partial charge on any atom is -0.334 e. The summed E-state index contributed by atoms with van der Waals surface area (Å²) in [7, 11) is -3.11. The molecule has 0 saturated carbocycles. The highest BCUT2D eigenvalue weighted by Crippen LogP contribution is 2.25. The zero-order valence-electron chi connectivity index (χ0n) is 13.1. The highest BCUT2D eigenvalue weighted by atomic mass is 35.5. The van der Waals surface area contributed by atoms with E-state index in [0.717, 1.165) is 11.8 Å². The van der Waals surface area contributed by atoms with E-state index in [9.17, 15) is 18.0 Å². The highest BCUT2D eigenvalue weighted by Gasteiger charge is 2.29. The maximum Gasteiger partial charge on any atom is 0.321 e. The van der Waals surface area contributed by atoms with Gasteiger partial charge in [-0.05, 0) is 12.5 Å². The first-order valence-corrected chi connectivity index (χ1v) is 10.9. The second kappa shape index (κ2) is 7.59. The number of fused-ring (bicyclic) bond motifs is 1. The van der Waals surface area contributed by atoms with E-state index in [1.807, 2.05) is 0 Å². The van der Waals surface area contributed by atoms with E-state index >= 15 is 0 Å². The Morgan fingerprint density at radius 2 is 2.12 bits per heavy atom. The molecule has 3 heterocycles. The van der Waals surface area contributed by atoms with Crippen molar-refractivity contribution in [2.75, 3.05) is 17.3 Å². The molecule has 1 atom stereocenters. The molecule has 1 fully saturated rings. The van der Waals surface area contributed by atoms with Crippen LogP contribution in [0.2, 0.25) is 10.0 Å². The molecule has 9 nitrogen and oxygen atoms in total. The number of imide groups is 1. The molecule has 0 aromatic carbocycles. The van der Waals surface area contributed by atoms with E-state index in [0.29, 0.717) is 27.3 Å². The fourth-order valence-corrected chi connectivity index (χ4v) is 5.32. The summed E-state index contributed by atoms with van der Waals surface area (Å²) in [4.78, 5) is 23.7. The smallest absolute Gasteiger partial charge is 0.321 e. The molecule has 1 aliphatic rings. The van der Waals surface area contributed by atoms with Crippen molar-refractivity contribution in [3.63, 3.8) is 0 Å². The molecule has 2 N–H and O–H groups in total. The lowest BCUT2D eigenvalue weighted by atomic mass is 10.3. The van der Waals surface area contributed by atoms with Crippen LogP contribution >= 0.6 is 35.0 Å². The van der Waals surface area contributed by atoms with Gasteiger partial charge in [-0.25, -0.2) is 13.2 Å². The van der Waals surface area contributed by atoms with Crippen LogP contribution in [0.1, 0.15) is 6.42 Å². The van der Waals surface area contributed by atoms with E-state index < -0.39 is 27.8 Å². The van der Waals surface area contributed by atoms with Gasteiger partial charge in [-0.1, -0.05) is 35.0 Å². The zero-order valence-corrected chi connectivity index (χ0v) is 16.3. The molecule has 140 valence electrons. The lowest BCUT2D eigenvalue weighted by Crippen LogP contribution is -2.45. The van der Waals surface area contributed by atoms with Crippen molar-refractivity contribution < 1.29 is 18.0 Å². The largest absolute Gasteiger partial charge is 0.334 e. The summed E-state index contributed by atoms with van der Waals surface area (Å²) in [6.45, 7) is 0. The van der Waals surface area contributed by atoms with Gasteiger partial charge in [0.25, 0.3) is 0 Å². The predicted octanol–water partition coefficient (Wildman–Crippen LogP) is 1.14. The SMILES string of the molecule is O=C(CSc1nnc2c(Cl)cc(Cl)cn12)NC(=O)NC1CCS(=O)(=O)C1. The molecule has 2 aromatic heterocycles. The van der Waals surface area contributed by atoms with Crippen LogP contribution in [-0.4, -0.2) is 58.3 Å². The van der Waals surface area contributed by atoms with Gasteiger partial charge in [0.1, 0.15) is 0 Å². The molecule has 1 unspecified atom stereocenters. The lowest BCUT2D eigenvalue weighted by molar-refractivity contribution is -0.117. The molecule has 1 aliphatic heterocycles. The van der Waals surface area contributed by atoms with Crippen LogP contribution < -0.4 is 10.6 Å². The Balaban J connectivity index is 1.54. The first-order valence-electron chi connectivity index (χ1n) is 7.37. The number of nitrogens with zero attached hydrogens (tertiary/aromatic N) is 3. The van der Waals surface area contributed by atoms with Crippen molar-refractivity contribution in [1.82, 2.24) is 25.2 Å². The number of urea groups is 1. The molecule has 3 rings (SSSR count). The number of hydrogen-bond acceptors (Lipinski definition) is 7. The van der Waals surface area contributed by atoms with Crippen LogP contribution in [0.15, 0.2) is 17.4 Å².